The number of furan rings is 1. The van der Waals surface area contributed by atoms with E-state index in [1.165, 1.54) is 4.90 Å². The molecule has 1 saturated heterocycles. The van der Waals surface area contributed by atoms with Crippen LogP contribution in [0.1, 0.15) is 6.42 Å². The zero-order valence-corrected chi connectivity index (χ0v) is 11.7. The molecule has 1 amide bonds. The number of aliphatic carboxylic acids is 1. The number of hydrogen-bond acceptors (Lipinski definition) is 3. The Labute approximate surface area is 125 Å². The van der Waals surface area contributed by atoms with Gasteiger partial charge in [-0.25, -0.2) is 0 Å². The molecule has 0 saturated carbocycles. The third-order valence-corrected chi connectivity index (χ3v) is 4.15. The number of carboxylic acids is 1. The van der Waals surface area contributed by atoms with Crippen LogP contribution in [0.2, 0.25) is 0 Å². The zero-order chi connectivity index (χ0) is 15.3. The average molecular weight is 295 g/mol. The third kappa shape index (κ3) is 1.86. The summed E-state index contributed by atoms with van der Waals surface area (Å²) < 4.78 is 5.81. The van der Waals surface area contributed by atoms with Gasteiger partial charge >= 0.3 is 5.97 Å². The summed E-state index contributed by atoms with van der Waals surface area (Å²) in [6.45, 7) is 0.208. The van der Waals surface area contributed by atoms with Crippen molar-refractivity contribution < 1.29 is 19.1 Å². The van der Waals surface area contributed by atoms with Crippen LogP contribution >= 0.6 is 0 Å². The summed E-state index contributed by atoms with van der Waals surface area (Å²) in [5.74, 6) is -1.73. The molecule has 110 valence electrons. The number of anilines is 1. The van der Waals surface area contributed by atoms with Gasteiger partial charge in [-0.15, -0.1) is 0 Å². The van der Waals surface area contributed by atoms with Crippen LogP contribution in [0, 0.1) is 5.92 Å². The van der Waals surface area contributed by atoms with Crippen LogP contribution in [0.25, 0.3) is 21.9 Å². The van der Waals surface area contributed by atoms with Crippen molar-refractivity contribution in [2.24, 2.45) is 5.92 Å². The second kappa shape index (κ2) is 4.59. The summed E-state index contributed by atoms with van der Waals surface area (Å²) in [6, 6.07) is 13.3. The molecule has 22 heavy (non-hydrogen) atoms. The highest BCUT2D eigenvalue weighted by molar-refractivity contribution is 6.07. The van der Waals surface area contributed by atoms with Gasteiger partial charge in [-0.05, 0) is 18.2 Å². The first-order valence-electron chi connectivity index (χ1n) is 7.08. The van der Waals surface area contributed by atoms with E-state index < -0.39 is 11.9 Å². The molecule has 0 bridgehead atoms. The van der Waals surface area contributed by atoms with Crippen LogP contribution < -0.4 is 4.90 Å². The first-order chi connectivity index (χ1) is 10.6. The summed E-state index contributed by atoms with van der Waals surface area (Å²) in [6.07, 6.45) is 0.0491. The molecule has 3 aromatic rings. The largest absolute Gasteiger partial charge is 0.481 e. The summed E-state index contributed by atoms with van der Waals surface area (Å²) in [5, 5.41) is 11.1. The van der Waals surface area contributed by atoms with Gasteiger partial charge in [-0.3, -0.25) is 9.59 Å². The highest BCUT2D eigenvalue weighted by Crippen LogP contribution is 2.33. The summed E-state index contributed by atoms with van der Waals surface area (Å²) in [4.78, 5) is 24.6. The maximum Gasteiger partial charge on any atom is 0.308 e. The van der Waals surface area contributed by atoms with Gasteiger partial charge in [-0.1, -0.05) is 18.2 Å². The van der Waals surface area contributed by atoms with Crippen LogP contribution in [0.15, 0.2) is 46.9 Å². The van der Waals surface area contributed by atoms with Gasteiger partial charge in [0.25, 0.3) is 0 Å². The normalized spacial score (nSPS) is 18.5. The van der Waals surface area contributed by atoms with Crippen molar-refractivity contribution in [3.05, 3.63) is 42.5 Å². The van der Waals surface area contributed by atoms with E-state index in [0.29, 0.717) is 11.3 Å². The van der Waals surface area contributed by atoms with Crippen LogP contribution in [0.3, 0.4) is 0 Å². The molecule has 5 heteroatoms. The molecular weight excluding hydrogens is 282 g/mol. The Morgan fingerprint density at radius 2 is 1.91 bits per heavy atom. The monoisotopic (exact) mass is 295 g/mol. The van der Waals surface area contributed by atoms with E-state index in [1.807, 2.05) is 36.4 Å². The number of nitrogens with zero attached hydrogens (tertiary/aromatic N) is 1. The van der Waals surface area contributed by atoms with Crippen LogP contribution in [0.5, 0.6) is 0 Å². The molecule has 1 aliphatic heterocycles. The van der Waals surface area contributed by atoms with Gasteiger partial charge < -0.3 is 14.4 Å². The predicted octanol–water partition coefficient (Wildman–Crippen LogP) is 3.02. The SMILES string of the molecule is O=C(O)C1CC(=O)N(c2ccc3c(c2)oc2ccccc23)C1. The van der Waals surface area contributed by atoms with Crippen LogP contribution in [-0.2, 0) is 9.59 Å². The minimum atomic E-state index is -0.930. The Morgan fingerprint density at radius 1 is 1.14 bits per heavy atom. The molecule has 2 aromatic carbocycles. The number of benzene rings is 2. The minimum Gasteiger partial charge on any atom is -0.481 e. The molecule has 5 nitrogen and oxygen atoms in total. The van der Waals surface area contributed by atoms with Crippen LogP contribution in [0.4, 0.5) is 5.69 Å². The van der Waals surface area contributed by atoms with Crippen molar-refractivity contribution in [3.63, 3.8) is 0 Å². The van der Waals surface area contributed by atoms with Crippen molar-refractivity contribution >= 4 is 39.5 Å². The highest BCUT2D eigenvalue weighted by atomic mass is 16.4. The molecule has 1 unspecified atom stereocenters. The number of hydrogen-bond donors (Lipinski definition) is 1. The molecule has 4 rings (SSSR count). The van der Waals surface area contributed by atoms with Gasteiger partial charge in [-0.2, -0.15) is 0 Å². The Bertz CT molecular complexity index is 911. The average Bonchev–Trinajstić information content (AvgIpc) is 3.07. The van der Waals surface area contributed by atoms with E-state index in [9.17, 15) is 9.59 Å². The highest BCUT2D eigenvalue weighted by Gasteiger charge is 2.35. The number of para-hydroxylation sites is 1. The number of amides is 1. The fourth-order valence-corrected chi connectivity index (χ4v) is 3.01. The smallest absolute Gasteiger partial charge is 0.308 e. The van der Waals surface area contributed by atoms with Crippen LogP contribution in [-0.4, -0.2) is 23.5 Å². The Morgan fingerprint density at radius 3 is 2.68 bits per heavy atom. The summed E-state index contributed by atoms with van der Waals surface area (Å²) >= 11 is 0. The lowest BCUT2D eigenvalue weighted by Gasteiger charge is -2.15. The van der Waals surface area contributed by atoms with Crippen molar-refractivity contribution in [2.75, 3.05) is 11.4 Å². The fraction of sp³-hybridized carbons (Fsp3) is 0.176. The molecule has 1 atom stereocenters. The maximum atomic E-state index is 12.0. The fourth-order valence-electron chi connectivity index (χ4n) is 3.01. The third-order valence-electron chi connectivity index (χ3n) is 4.15. The van der Waals surface area contributed by atoms with E-state index >= 15 is 0 Å². The first-order valence-corrected chi connectivity index (χ1v) is 7.08. The molecular formula is C17H13NO4. The molecule has 0 spiro atoms. The van der Waals surface area contributed by atoms with Gasteiger partial charge in [0, 0.05) is 35.5 Å². The number of rotatable bonds is 2. The van der Waals surface area contributed by atoms with Gasteiger partial charge in [0.15, 0.2) is 0 Å². The Hall–Kier alpha value is -2.82. The van der Waals surface area contributed by atoms with Crippen molar-refractivity contribution in [1.29, 1.82) is 0 Å². The second-order valence-corrected chi connectivity index (χ2v) is 5.52. The van der Waals surface area contributed by atoms with Gasteiger partial charge in [0.1, 0.15) is 11.2 Å². The molecule has 1 N–H and O–H groups in total. The van der Waals surface area contributed by atoms with E-state index in [4.69, 9.17) is 9.52 Å². The zero-order valence-electron chi connectivity index (χ0n) is 11.7. The molecule has 1 fully saturated rings. The summed E-state index contributed by atoms with van der Waals surface area (Å²) in [7, 11) is 0. The van der Waals surface area contributed by atoms with E-state index in [1.54, 1.807) is 6.07 Å². The minimum absolute atomic E-state index is 0.0491. The van der Waals surface area contributed by atoms with E-state index in [2.05, 4.69) is 0 Å². The molecule has 0 aliphatic carbocycles. The van der Waals surface area contributed by atoms with Crippen molar-refractivity contribution in [2.45, 2.75) is 6.42 Å². The maximum absolute atomic E-state index is 12.0. The standard InChI is InChI=1S/C17H13NO4/c19-16-7-10(17(20)21)9-18(16)11-5-6-13-12-3-1-2-4-14(12)22-15(13)8-11/h1-6,8,10H,7,9H2,(H,20,21). The summed E-state index contributed by atoms with van der Waals surface area (Å²) in [5.41, 5.74) is 2.18. The number of carboxylic acid groups (broad SMARTS) is 1. The first kappa shape index (κ1) is 12.9. The number of carbonyl (C=O) groups is 2. The lowest BCUT2D eigenvalue weighted by atomic mass is 10.1. The van der Waals surface area contributed by atoms with Gasteiger partial charge in [0.05, 0.1) is 5.92 Å². The Balaban J connectivity index is 1.78. The van der Waals surface area contributed by atoms with Crippen molar-refractivity contribution in [1.82, 2.24) is 0 Å². The predicted molar refractivity (Wildman–Crippen MR) is 81.8 cm³/mol. The molecule has 1 aliphatic rings. The molecule has 1 aromatic heterocycles. The van der Waals surface area contributed by atoms with Gasteiger partial charge in [0.2, 0.25) is 5.91 Å². The lowest BCUT2D eigenvalue weighted by Crippen LogP contribution is -2.25. The van der Waals surface area contributed by atoms with E-state index in [-0.39, 0.29) is 18.9 Å². The van der Waals surface area contributed by atoms with Crippen molar-refractivity contribution in [3.8, 4) is 0 Å². The lowest BCUT2D eigenvalue weighted by molar-refractivity contribution is -0.141. The topological polar surface area (TPSA) is 70.8 Å². The molecule has 0 radical (unpaired) electrons. The number of fused-ring (bicyclic) bond motifs is 3. The molecule has 2 heterocycles. The number of carbonyl (C=O) groups excluding carboxylic acids is 1. The Kier molecular flexibility index (Phi) is 2.69. The second-order valence-electron chi connectivity index (χ2n) is 5.52. The van der Waals surface area contributed by atoms with E-state index in [0.717, 1.165) is 16.4 Å². The quantitative estimate of drug-likeness (QED) is 0.789.